The summed E-state index contributed by atoms with van der Waals surface area (Å²) in [6, 6.07) is 8.43. The highest BCUT2D eigenvalue weighted by molar-refractivity contribution is 5.99. The number of Topliss-reactive ketones (excluding diaryl/α,β-unsaturated/α-hetero) is 1. The zero-order chi connectivity index (χ0) is 26.0. The first-order valence-corrected chi connectivity index (χ1v) is 13.6. The van der Waals surface area contributed by atoms with Gasteiger partial charge in [-0.25, -0.2) is 0 Å². The van der Waals surface area contributed by atoms with E-state index in [-0.39, 0.29) is 30.0 Å². The average Bonchev–Trinajstić information content (AvgIpc) is 3.45. The summed E-state index contributed by atoms with van der Waals surface area (Å²) in [4.78, 5) is 45.6. The van der Waals surface area contributed by atoms with Crippen LogP contribution in [0, 0.1) is 11.8 Å². The number of rotatable bonds is 11. The number of amides is 2. The molecule has 37 heavy (non-hydrogen) atoms. The van der Waals surface area contributed by atoms with Gasteiger partial charge < -0.3 is 19.5 Å². The van der Waals surface area contributed by atoms with Gasteiger partial charge in [-0.3, -0.25) is 14.4 Å². The topological polar surface area (TPSA) is 115 Å². The van der Waals surface area contributed by atoms with Gasteiger partial charge >= 0.3 is 0 Å². The van der Waals surface area contributed by atoms with Gasteiger partial charge in [-0.1, -0.05) is 62.4 Å². The van der Waals surface area contributed by atoms with Crippen molar-refractivity contribution in [2.24, 2.45) is 11.8 Å². The molecule has 2 atom stereocenters. The Balaban J connectivity index is 1.41. The van der Waals surface area contributed by atoms with E-state index in [1.165, 1.54) is 32.1 Å². The van der Waals surface area contributed by atoms with Gasteiger partial charge in [0.15, 0.2) is 0 Å². The van der Waals surface area contributed by atoms with Crippen LogP contribution in [0.3, 0.4) is 0 Å². The van der Waals surface area contributed by atoms with Crippen molar-refractivity contribution >= 4 is 17.6 Å². The third kappa shape index (κ3) is 7.47. The molecule has 1 saturated carbocycles. The van der Waals surface area contributed by atoms with Crippen molar-refractivity contribution in [3.63, 3.8) is 0 Å². The molecule has 9 nitrogen and oxygen atoms in total. The molecule has 0 spiro atoms. The lowest BCUT2D eigenvalue weighted by atomic mass is 9.83. The number of hydrogen-bond donors (Lipinski definition) is 1. The maximum absolute atomic E-state index is 13.4. The summed E-state index contributed by atoms with van der Waals surface area (Å²) in [5, 5.41) is 6.77. The molecule has 2 fully saturated rings. The summed E-state index contributed by atoms with van der Waals surface area (Å²) < 4.78 is 10.7. The van der Waals surface area contributed by atoms with Gasteiger partial charge in [0, 0.05) is 31.0 Å². The Kier molecular flexibility index (Phi) is 9.82. The largest absolute Gasteiger partial charge is 0.378 e. The molecule has 1 saturated heterocycles. The number of benzene rings is 1. The Morgan fingerprint density at radius 2 is 1.81 bits per heavy atom. The summed E-state index contributed by atoms with van der Waals surface area (Å²) in [6.07, 6.45) is 8.19. The fourth-order valence-corrected chi connectivity index (χ4v) is 5.21. The van der Waals surface area contributed by atoms with E-state index in [9.17, 15) is 14.4 Å². The Bertz CT molecular complexity index is 1030. The lowest BCUT2D eigenvalue weighted by Gasteiger charge is -2.29. The van der Waals surface area contributed by atoms with E-state index in [1.54, 1.807) is 4.90 Å². The number of ether oxygens (including phenoxy) is 1. The van der Waals surface area contributed by atoms with Gasteiger partial charge in [0.2, 0.25) is 23.4 Å². The van der Waals surface area contributed by atoms with Gasteiger partial charge in [0.25, 0.3) is 5.89 Å². The zero-order valence-corrected chi connectivity index (χ0v) is 21.7. The van der Waals surface area contributed by atoms with Crippen molar-refractivity contribution in [3.8, 4) is 11.5 Å². The van der Waals surface area contributed by atoms with Gasteiger partial charge in [0.05, 0.1) is 19.3 Å². The SMILES string of the molecule is CC[C@H](NC(=O)[C@H](CCC1CCCCC1)CC(=O)N1CCOCC1)C(=O)c1noc(-c2ccccc2)n1. The van der Waals surface area contributed by atoms with Crippen molar-refractivity contribution in [1.29, 1.82) is 0 Å². The second kappa shape index (κ2) is 13.5. The minimum atomic E-state index is -0.788. The summed E-state index contributed by atoms with van der Waals surface area (Å²) in [7, 11) is 0. The fraction of sp³-hybridized carbons (Fsp3) is 0.607. The second-order valence-corrected chi connectivity index (χ2v) is 10.1. The highest BCUT2D eigenvalue weighted by Gasteiger charge is 2.31. The Morgan fingerprint density at radius 1 is 1.08 bits per heavy atom. The first-order chi connectivity index (χ1) is 18.0. The highest BCUT2D eigenvalue weighted by Crippen LogP contribution is 2.29. The van der Waals surface area contributed by atoms with E-state index >= 15 is 0 Å². The lowest BCUT2D eigenvalue weighted by molar-refractivity contribution is -0.139. The lowest BCUT2D eigenvalue weighted by Crippen LogP contribution is -2.46. The van der Waals surface area contributed by atoms with Crippen LogP contribution in [-0.4, -0.2) is 65.0 Å². The van der Waals surface area contributed by atoms with Crippen LogP contribution < -0.4 is 5.32 Å². The Labute approximate surface area is 218 Å². The average molecular weight is 511 g/mol. The van der Waals surface area contributed by atoms with Gasteiger partial charge in [-0.15, -0.1) is 0 Å². The zero-order valence-electron chi connectivity index (χ0n) is 21.7. The molecule has 2 amide bonds. The number of ketones is 1. The molecule has 2 aliphatic rings. The van der Waals surface area contributed by atoms with E-state index in [1.807, 2.05) is 37.3 Å². The molecule has 1 aliphatic heterocycles. The van der Waals surface area contributed by atoms with Crippen LogP contribution in [-0.2, 0) is 14.3 Å². The van der Waals surface area contributed by atoms with E-state index in [0.717, 1.165) is 12.0 Å². The van der Waals surface area contributed by atoms with Gasteiger partial charge in [-0.05, 0) is 37.3 Å². The number of carbonyl (C=O) groups excluding carboxylic acids is 3. The first-order valence-electron chi connectivity index (χ1n) is 13.6. The quantitative estimate of drug-likeness (QED) is 0.454. The maximum Gasteiger partial charge on any atom is 0.258 e. The molecule has 1 aromatic carbocycles. The normalized spacial score (nSPS) is 18.2. The van der Waals surface area contributed by atoms with Crippen molar-refractivity contribution in [2.45, 2.75) is 70.8 Å². The van der Waals surface area contributed by atoms with Crippen molar-refractivity contribution in [3.05, 3.63) is 36.2 Å². The highest BCUT2D eigenvalue weighted by atomic mass is 16.5. The fourth-order valence-electron chi connectivity index (χ4n) is 5.21. The number of nitrogens with one attached hydrogen (secondary N) is 1. The van der Waals surface area contributed by atoms with E-state index < -0.39 is 17.7 Å². The number of carbonyl (C=O) groups is 3. The smallest absolute Gasteiger partial charge is 0.258 e. The predicted molar refractivity (Wildman–Crippen MR) is 138 cm³/mol. The molecule has 1 N–H and O–H groups in total. The molecular formula is C28H38N4O5. The van der Waals surface area contributed by atoms with Crippen LogP contribution in [0.1, 0.15) is 75.3 Å². The molecule has 200 valence electrons. The van der Waals surface area contributed by atoms with Crippen molar-refractivity contribution < 1.29 is 23.6 Å². The second-order valence-electron chi connectivity index (χ2n) is 10.1. The minimum Gasteiger partial charge on any atom is -0.378 e. The molecule has 9 heteroatoms. The number of nitrogens with zero attached hydrogens (tertiary/aromatic N) is 3. The van der Waals surface area contributed by atoms with Crippen molar-refractivity contribution in [2.75, 3.05) is 26.3 Å². The summed E-state index contributed by atoms with van der Waals surface area (Å²) in [5.41, 5.74) is 0.718. The van der Waals surface area contributed by atoms with Crippen LogP contribution in [0.15, 0.2) is 34.9 Å². The molecular weight excluding hydrogens is 472 g/mol. The third-order valence-electron chi connectivity index (χ3n) is 7.51. The predicted octanol–water partition coefficient (Wildman–Crippen LogP) is 4.04. The summed E-state index contributed by atoms with van der Waals surface area (Å²) in [6.45, 7) is 3.97. The number of hydrogen-bond acceptors (Lipinski definition) is 7. The molecule has 0 radical (unpaired) electrons. The number of aromatic nitrogens is 2. The third-order valence-corrected chi connectivity index (χ3v) is 7.51. The van der Waals surface area contributed by atoms with Crippen LogP contribution >= 0.6 is 0 Å². The monoisotopic (exact) mass is 510 g/mol. The molecule has 1 aromatic heterocycles. The Morgan fingerprint density at radius 3 is 2.51 bits per heavy atom. The standard InChI is InChI=1S/C28H38N4O5/c1-2-23(25(34)26-30-28(37-31-26)21-11-7-4-8-12-21)29-27(35)22(14-13-20-9-5-3-6-10-20)19-24(33)32-15-17-36-18-16-32/h4,7-8,11-12,20,22-23H,2-3,5-6,9-10,13-19H2,1H3,(H,29,35)/t22-,23+/m1/s1. The van der Waals surface area contributed by atoms with Gasteiger partial charge in [0.1, 0.15) is 0 Å². The first kappa shape index (κ1) is 27.0. The van der Waals surface area contributed by atoms with E-state index in [0.29, 0.717) is 45.1 Å². The van der Waals surface area contributed by atoms with Crippen LogP contribution in [0.2, 0.25) is 0 Å². The minimum absolute atomic E-state index is 0.0304. The van der Waals surface area contributed by atoms with Crippen LogP contribution in [0.5, 0.6) is 0 Å². The molecule has 0 unspecified atom stereocenters. The molecule has 2 heterocycles. The maximum atomic E-state index is 13.4. The summed E-state index contributed by atoms with van der Waals surface area (Å²) >= 11 is 0. The molecule has 0 bridgehead atoms. The molecule has 2 aromatic rings. The van der Waals surface area contributed by atoms with E-state index in [4.69, 9.17) is 9.26 Å². The van der Waals surface area contributed by atoms with Crippen molar-refractivity contribution in [1.82, 2.24) is 20.4 Å². The van der Waals surface area contributed by atoms with Gasteiger partial charge in [-0.2, -0.15) is 4.98 Å². The van der Waals surface area contributed by atoms with Crippen LogP contribution in [0.25, 0.3) is 11.5 Å². The van der Waals surface area contributed by atoms with E-state index in [2.05, 4.69) is 15.5 Å². The molecule has 4 rings (SSSR count). The Hall–Kier alpha value is -3.07. The number of morpholine rings is 1. The van der Waals surface area contributed by atoms with Crippen LogP contribution in [0.4, 0.5) is 0 Å². The molecule has 1 aliphatic carbocycles. The summed E-state index contributed by atoms with van der Waals surface area (Å²) in [5.74, 6) is -0.374.